The predicted molar refractivity (Wildman–Crippen MR) is 58.4 cm³/mol. The second kappa shape index (κ2) is 4.72. The van der Waals surface area contributed by atoms with Crippen LogP contribution in [0.15, 0.2) is 4.52 Å². The molecule has 86 valence electrons. The monoisotopic (exact) mass is 212 g/mol. The molecule has 0 amide bonds. The number of rotatable bonds is 5. The molecular formula is C10H20N4O. The topological polar surface area (TPSA) is 68.2 Å². The molecule has 0 bridgehead atoms. The lowest BCUT2D eigenvalue weighted by molar-refractivity contribution is 0.286. The van der Waals surface area contributed by atoms with Gasteiger partial charge in [-0.15, -0.1) is 0 Å². The van der Waals surface area contributed by atoms with Crippen LogP contribution >= 0.6 is 0 Å². The molecule has 1 unspecified atom stereocenters. The smallest absolute Gasteiger partial charge is 0.233 e. The van der Waals surface area contributed by atoms with E-state index in [1.54, 1.807) is 0 Å². The maximum absolute atomic E-state index is 5.72. The highest BCUT2D eigenvalue weighted by molar-refractivity contribution is 5.03. The molecule has 1 atom stereocenters. The van der Waals surface area contributed by atoms with E-state index in [-0.39, 0.29) is 5.41 Å². The minimum Gasteiger partial charge on any atom is -0.339 e. The molecule has 2 N–H and O–H groups in total. The first-order valence-corrected chi connectivity index (χ1v) is 5.19. The number of nitrogens with two attached hydrogens (primary N) is 1. The van der Waals surface area contributed by atoms with Crippen molar-refractivity contribution < 1.29 is 4.52 Å². The number of hydrogen-bond acceptors (Lipinski definition) is 5. The molecule has 15 heavy (non-hydrogen) atoms. The van der Waals surface area contributed by atoms with Crippen LogP contribution < -0.4 is 5.73 Å². The van der Waals surface area contributed by atoms with Crippen LogP contribution in [0.1, 0.15) is 32.0 Å². The van der Waals surface area contributed by atoms with Crippen molar-refractivity contribution in [3.8, 4) is 0 Å². The zero-order chi connectivity index (χ0) is 11.5. The van der Waals surface area contributed by atoms with E-state index in [0.29, 0.717) is 24.8 Å². The van der Waals surface area contributed by atoms with E-state index >= 15 is 0 Å². The molecule has 5 nitrogen and oxygen atoms in total. The van der Waals surface area contributed by atoms with Gasteiger partial charge < -0.3 is 15.2 Å². The minimum absolute atomic E-state index is 0.197. The number of nitrogens with zero attached hydrogens (tertiary/aromatic N) is 3. The van der Waals surface area contributed by atoms with Crippen LogP contribution in [0.3, 0.4) is 0 Å². The number of aromatic nitrogens is 2. The molecule has 1 aromatic rings. The molecule has 1 aromatic heterocycles. The summed E-state index contributed by atoms with van der Waals surface area (Å²) in [6.07, 6.45) is 0.896. The van der Waals surface area contributed by atoms with Gasteiger partial charge in [-0.2, -0.15) is 4.98 Å². The molecule has 0 aromatic carbocycles. The first-order valence-electron chi connectivity index (χ1n) is 5.19. The second-order valence-corrected chi connectivity index (χ2v) is 4.37. The summed E-state index contributed by atoms with van der Waals surface area (Å²) in [6, 6.07) is 0. The molecular weight excluding hydrogens is 192 g/mol. The lowest BCUT2D eigenvalue weighted by Crippen LogP contribution is -2.31. The molecule has 0 spiro atoms. The van der Waals surface area contributed by atoms with E-state index in [9.17, 15) is 0 Å². The fourth-order valence-electron chi connectivity index (χ4n) is 1.23. The van der Waals surface area contributed by atoms with Gasteiger partial charge in [0.2, 0.25) is 5.89 Å². The summed E-state index contributed by atoms with van der Waals surface area (Å²) in [5, 5.41) is 3.94. The van der Waals surface area contributed by atoms with Crippen molar-refractivity contribution in [2.75, 3.05) is 20.6 Å². The Bertz CT molecular complexity index is 304. The molecule has 1 heterocycles. The average Bonchev–Trinajstić information content (AvgIpc) is 2.64. The van der Waals surface area contributed by atoms with Crippen LogP contribution in [0.4, 0.5) is 0 Å². The van der Waals surface area contributed by atoms with Crippen LogP contribution in [-0.2, 0) is 12.0 Å². The van der Waals surface area contributed by atoms with Gasteiger partial charge in [0.1, 0.15) is 0 Å². The van der Waals surface area contributed by atoms with E-state index in [4.69, 9.17) is 10.3 Å². The average molecular weight is 212 g/mol. The fourth-order valence-corrected chi connectivity index (χ4v) is 1.23. The Morgan fingerprint density at radius 1 is 1.47 bits per heavy atom. The third-order valence-corrected chi connectivity index (χ3v) is 2.67. The van der Waals surface area contributed by atoms with E-state index < -0.39 is 0 Å². The highest BCUT2D eigenvalue weighted by Crippen LogP contribution is 2.24. The third-order valence-electron chi connectivity index (χ3n) is 2.67. The molecule has 0 saturated heterocycles. The van der Waals surface area contributed by atoms with Gasteiger partial charge in [0.15, 0.2) is 5.82 Å². The van der Waals surface area contributed by atoms with Crippen LogP contribution in [0, 0.1) is 0 Å². The standard InChI is InChI=1S/C10H20N4O/c1-5-10(2,7-11)9-12-8(13-15-9)6-14(3)4/h5-7,11H2,1-4H3. The van der Waals surface area contributed by atoms with Crippen molar-refractivity contribution in [3.05, 3.63) is 11.7 Å². The Kier molecular flexibility index (Phi) is 3.82. The molecule has 0 aliphatic carbocycles. The van der Waals surface area contributed by atoms with Crippen molar-refractivity contribution in [2.45, 2.75) is 32.2 Å². The quantitative estimate of drug-likeness (QED) is 0.780. The summed E-state index contributed by atoms with van der Waals surface area (Å²) in [4.78, 5) is 6.37. The molecule has 0 saturated carbocycles. The Hall–Kier alpha value is -0.940. The normalized spacial score (nSPS) is 15.6. The summed E-state index contributed by atoms with van der Waals surface area (Å²) < 4.78 is 5.24. The lowest BCUT2D eigenvalue weighted by atomic mass is 9.88. The van der Waals surface area contributed by atoms with Crippen LogP contribution in [-0.4, -0.2) is 35.7 Å². The number of hydrogen-bond donors (Lipinski definition) is 1. The summed E-state index contributed by atoms with van der Waals surface area (Å²) in [6.45, 7) is 5.32. The summed E-state index contributed by atoms with van der Waals surface area (Å²) in [7, 11) is 3.94. The van der Waals surface area contributed by atoms with Crippen LogP contribution in [0.25, 0.3) is 0 Å². The molecule has 0 aliphatic rings. The summed E-state index contributed by atoms with van der Waals surface area (Å²) >= 11 is 0. The Morgan fingerprint density at radius 3 is 2.60 bits per heavy atom. The van der Waals surface area contributed by atoms with Gasteiger partial charge >= 0.3 is 0 Å². The van der Waals surface area contributed by atoms with Crippen molar-refractivity contribution in [1.82, 2.24) is 15.0 Å². The van der Waals surface area contributed by atoms with Crippen molar-refractivity contribution in [3.63, 3.8) is 0 Å². The van der Waals surface area contributed by atoms with Crippen molar-refractivity contribution in [2.24, 2.45) is 5.73 Å². The van der Waals surface area contributed by atoms with E-state index in [1.165, 1.54) is 0 Å². The molecule has 0 fully saturated rings. The van der Waals surface area contributed by atoms with Gasteiger partial charge in [-0.1, -0.05) is 12.1 Å². The van der Waals surface area contributed by atoms with Gasteiger partial charge in [0, 0.05) is 6.54 Å². The Morgan fingerprint density at radius 2 is 2.13 bits per heavy atom. The van der Waals surface area contributed by atoms with Crippen LogP contribution in [0.5, 0.6) is 0 Å². The van der Waals surface area contributed by atoms with Gasteiger partial charge in [0.25, 0.3) is 0 Å². The molecule has 5 heteroatoms. The maximum atomic E-state index is 5.72. The highest BCUT2D eigenvalue weighted by Gasteiger charge is 2.29. The summed E-state index contributed by atoms with van der Waals surface area (Å²) in [5.74, 6) is 1.35. The van der Waals surface area contributed by atoms with E-state index in [1.807, 2.05) is 25.9 Å². The van der Waals surface area contributed by atoms with Gasteiger partial charge in [-0.25, -0.2) is 0 Å². The highest BCUT2D eigenvalue weighted by atomic mass is 16.5. The zero-order valence-corrected chi connectivity index (χ0v) is 9.95. The summed E-state index contributed by atoms with van der Waals surface area (Å²) in [5.41, 5.74) is 5.53. The third kappa shape index (κ3) is 2.76. The minimum atomic E-state index is -0.197. The molecule has 0 radical (unpaired) electrons. The predicted octanol–water partition coefficient (Wildman–Crippen LogP) is 0.758. The Balaban J connectivity index is 2.83. The Labute approximate surface area is 90.6 Å². The van der Waals surface area contributed by atoms with Gasteiger partial charge in [-0.05, 0) is 27.4 Å². The lowest BCUT2D eigenvalue weighted by Gasteiger charge is -2.20. The van der Waals surface area contributed by atoms with Gasteiger partial charge in [0.05, 0.1) is 12.0 Å². The fraction of sp³-hybridized carbons (Fsp3) is 0.800. The van der Waals surface area contributed by atoms with Crippen molar-refractivity contribution in [1.29, 1.82) is 0 Å². The van der Waals surface area contributed by atoms with E-state index in [0.717, 1.165) is 6.42 Å². The largest absolute Gasteiger partial charge is 0.339 e. The maximum Gasteiger partial charge on any atom is 0.233 e. The SMILES string of the molecule is CCC(C)(CN)c1nc(CN(C)C)no1. The zero-order valence-electron chi connectivity index (χ0n) is 9.95. The first kappa shape index (κ1) is 12.1. The molecule has 1 rings (SSSR count). The van der Waals surface area contributed by atoms with Crippen LogP contribution in [0.2, 0.25) is 0 Å². The van der Waals surface area contributed by atoms with E-state index in [2.05, 4.69) is 17.1 Å². The molecule has 0 aliphatic heterocycles. The second-order valence-electron chi connectivity index (χ2n) is 4.37. The van der Waals surface area contributed by atoms with Gasteiger partial charge in [-0.3, -0.25) is 0 Å². The van der Waals surface area contributed by atoms with Crippen molar-refractivity contribution >= 4 is 0 Å². The first-order chi connectivity index (χ1) is 7.01.